The van der Waals surface area contributed by atoms with Crippen LogP contribution >= 0.6 is 0 Å². The van der Waals surface area contributed by atoms with E-state index in [1.807, 2.05) is 60.7 Å². The second-order valence-corrected chi connectivity index (χ2v) is 5.09. The summed E-state index contributed by atoms with van der Waals surface area (Å²) < 4.78 is 5.18. The Morgan fingerprint density at radius 1 is 1.00 bits per heavy atom. The summed E-state index contributed by atoms with van der Waals surface area (Å²) in [7, 11) is 1.62. The van der Waals surface area contributed by atoms with Gasteiger partial charge in [0, 0.05) is 11.1 Å². The second kappa shape index (κ2) is 6.20. The van der Waals surface area contributed by atoms with Gasteiger partial charge in [0.05, 0.1) is 7.11 Å². The molecule has 0 aliphatic rings. The number of aromatic amines is 1. The van der Waals surface area contributed by atoms with E-state index >= 15 is 0 Å². The largest absolute Gasteiger partial charge is 0.497 e. The molecule has 23 heavy (non-hydrogen) atoms. The molecule has 0 aliphatic heterocycles. The lowest BCUT2D eigenvalue weighted by molar-refractivity contribution is -0.346. The molecule has 0 aliphatic carbocycles. The van der Waals surface area contributed by atoms with Gasteiger partial charge in [0.15, 0.2) is 0 Å². The molecule has 0 bridgehead atoms. The zero-order valence-corrected chi connectivity index (χ0v) is 12.7. The van der Waals surface area contributed by atoms with Crippen molar-refractivity contribution in [2.24, 2.45) is 0 Å². The summed E-state index contributed by atoms with van der Waals surface area (Å²) in [4.78, 5) is 3.11. The Kier molecular flexibility index (Phi) is 3.94. The molecule has 112 valence electrons. The maximum atomic E-state index is 9.45. The predicted octanol–water partition coefficient (Wildman–Crippen LogP) is 3.30. The fourth-order valence-corrected chi connectivity index (χ4v) is 2.50. The Morgan fingerprint density at radius 2 is 1.70 bits per heavy atom. The van der Waals surface area contributed by atoms with E-state index in [9.17, 15) is 5.26 Å². The van der Waals surface area contributed by atoms with Gasteiger partial charge in [-0.15, -0.1) is 0 Å². The molecule has 0 spiro atoms. The van der Waals surface area contributed by atoms with Gasteiger partial charge in [-0.2, -0.15) is 5.26 Å². The molecule has 0 atom stereocenters. The molecule has 0 saturated heterocycles. The van der Waals surface area contributed by atoms with Crippen molar-refractivity contribution in [3.63, 3.8) is 0 Å². The van der Waals surface area contributed by atoms with Crippen LogP contribution in [0.5, 0.6) is 5.75 Å². The van der Waals surface area contributed by atoms with Gasteiger partial charge < -0.3 is 4.74 Å². The first kappa shape index (κ1) is 14.6. The van der Waals surface area contributed by atoms with Crippen LogP contribution in [-0.4, -0.2) is 7.11 Å². The highest BCUT2D eigenvalue weighted by molar-refractivity contribution is 5.77. The molecule has 4 heteroatoms. The number of nitrogens with one attached hydrogen (secondary N) is 1. The average Bonchev–Trinajstić information content (AvgIpc) is 2.62. The molecule has 3 aromatic rings. The molecule has 1 heterocycles. The lowest BCUT2D eigenvalue weighted by Crippen LogP contribution is -2.16. The number of aromatic nitrogens is 1. The summed E-state index contributed by atoms with van der Waals surface area (Å²) in [6.45, 7) is 0. The summed E-state index contributed by atoms with van der Waals surface area (Å²) in [5.74, 6) is 1.13. The summed E-state index contributed by atoms with van der Waals surface area (Å²) in [5.41, 5.74) is 10.1. The average molecular weight is 302 g/mol. The molecule has 0 amide bonds. The van der Waals surface area contributed by atoms with Crippen molar-refractivity contribution in [1.82, 2.24) is 0 Å². The number of nitrogens with zero attached hydrogens (tertiary/aromatic N) is 1. The van der Waals surface area contributed by atoms with E-state index in [0.717, 1.165) is 28.1 Å². The molecule has 0 radical (unpaired) electrons. The smallest absolute Gasteiger partial charge is 0.289 e. The number of hydrogen-bond donors (Lipinski definition) is 1. The highest BCUT2D eigenvalue weighted by Crippen LogP contribution is 2.30. The van der Waals surface area contributed by atoms with Crippen molar-refractivity contribution < 1.29 is 9.72 Å². The summed E-state index contributed by atoms with van der Waals surface area (Å²) >= 11 is 0. The number of anilines is 1. The normalized spacial score (nSPS) is 10.1. The number of pyridine rings is 1. The number of hydrogen-bond acceptors (Lipinski definition) is 3. The number of benzene rings is 2. The quantitative estimate of drug-likeness (QED) is 0.806. The molecule has 3 rings (SSSR count). The van der Waals surface area contributed by atoms with Gasteiger partial charge >= 0.3 is 0 Å². The molecule has 1 aromatic heterocycles. The number of nitrogen functional groups attached to an aromatic ring is 1. The lowest BCUT2D eigenvalue weighted by Gasteiger charge is -2.08. The highest BCUT2D eigenvalue weighted by atomic mass is 16.5. The van der Waals surface area contributed by atoms with Gasteiger partial charge in [0.1, 0.15) is 23.1 Å². The van der Waals surface area contributed by atoms with Crippen LogP contribution in [0.3, 0.4) is 0 Å². The fraction of sp³-hybridized carbons (Fsp3) is 0.0526. The van der Waals surface area contributed by atoms with E-state index in [1.165, 1.54) is 0 Å². The molecule has 4 nitrogen and oxygen atoms in total. The van der Waals surface area contributed by atoms with Crippen LogP contribution in [0.15, 0.2) is 60.7 Å². The minimum absolute atomic E-state index is 0.361. The number of methoxy groups -OCH3 is 1. The van der Waals surface area contributed by atoms with Crippen molar-refractivity contribution in [3.8, 4) is 34.2 Å². The molecule has 0 fully saturated rings. The van der Waals surface area contributed by atoms with Crippen molar-refractivity contribution in [2.45, 2.75) is 0 Å². The lowest BCUT2D eigenvalue weighted by atomic mass is 9.98. The van der Waals surface area contributed by atoms with Crippen molar-refractivity contribution >= 4 is 5.82 Å². The van der Waals surface area contributed by atoms with E-state index in [4.69, 9.17) is 10.5 Å². The van der Waals surface area contributed by atoms with E-state index in [2.05, 4.69) is 11.1 Å². The highest BCUT2D eigenvalue weighted by Gasteiger charge is 2.17. The molecule has 3 N–H and O–H groups in total. The van der Waals surface area contributed by atoms with Gasteiger partial charge in [-0.25, -0.2) is 4.98 Å². The van der Waals surface area contributed by atoms with Crippen LogP contribution in [0.4, 0.5) is 5.82 Å². The van der Waals surface area contributed by atoms with Gasteiger partial charge in [0.25, 0.3) is 5.82 Å². The van der Waals surface area contributed by atoms with E-state index < -0.39 is 0 Å². The van der Waals surface area contributed by atoms with Crippen LogP contribution in [0.1, 0.15) is 5.56 Å². The number of rotatable bonds is 3. The van der Waals surface area contributed by atoms with Crippen LogP contribution in [0.2, 0.25) is 0 Å². The topological polar surface area (TPSA) is 73.2 Å². The molecular weight excluding hydrogens is 286 g/mol. The predicted molar refractivity (Wildman–Crippen MR) is 89.5 cm³/mol. The first-order valence-corrected chi connectivity index (χ1v) is 7.18. The van der Waals surface area contributed by atoms with Gasteiger partial charge in [-0.3, -0.25) is 5.73 Å². The summed E-state index contributed by atoms with van der Waals surface area (Å²) in [6, 6.07) is 21.6. The Morgan fingerprint density at radius 3 is 2.30 bits per heavy atom. The standard InChI is InChI=1S/C19H15N3O/c1-23-15-9-7-13(8-10-15)16-11-18(14-5-3-2-4-6-14)22-19(21)17(16)12-20/h2-11H,1H3,(H2,21,22)/p+1. The number of nitrogens with two attached hydrogens (primary N) is 1. The monoisotopic (exact) mass is 302 g/mol. The fourth-order valence-electron chi connectivity index (χ4n) is 2.50. The van der Waals surface area contributed by atoms with E-state index in [0.29, 0.717) is 11.4 Å². The van der Waals surface area contributed by atoms with E-state index in [1.54, 1.807) is 7.11 Å². The molecule has 0 saturated carbocycles. The number of H-pyrrole nitrogens is 1. The van der Waals surface area contributed by atoms with E-state index in [-0.39, 0.29) is 0 Å². The van der Waals surface area contributed by atoms with Crippen LogP contribution in [0, 0.1) is 11.3 Å². The van der Waals surface area contributed by atoms with Crippen molar-refractivity contribution in [2.75, 3.05) is 12.8 Å². The minimum atomic E-state index is 0.361. The third-order valence-electron chi connectivity index (χ3n) is 3.69. The summed E-state index contributed by atoms with van der Waals surface area (Å²) in [5, 5.41) is 9.45. The Hall–Kier alpha value is -3.32. The molecular formula is C19H16N3O+. The molecule has 0 unspecified atom stereocenters. The van der Waals surface area contributed by atoms with Crippen LogP contribution in [0.25, 0.3) is 22.4 Å². The minimum Gasteiger partial charge on any atom is -0.497 e. The maximum absolute atomic E-state index is 9.45. The SMILES string of the molecule is COc1ccc(-c2cc(-c3ccccc3)[nH+]c(N)c2C#N)cc1. The van der Waals surface area contributed by atoms with Gasteiger partial charge in [-0.1, -0.05) is 42.5 Å². The third kappa shape index (κ3) is 2.85. The zero-order chi connectivity index (χ0) is 16.2. The Balaban J connectivity index is 2.18. The second-order valence-electron chi connectivity index (χ2n) is 5.09. The number of ether oxygens (including phenoxy) is 1. The number of nitriles is 1. The van der Waals surface area contributed by atoms with Gasteiger partial charge in [0.2, 0.25) is 0 Å². The van der Waals surface area contributed by atoms with Crippen LogP contribution < -0.4 is 15.5 Å². The first-order chi connectivity index (χ1) is 11.2. The third-order valence-corrected chi connectivity index (χ3v) is 3.69. The van der Waals surface area contributed by atoms with Crippen LogP contribution in [-0.2, 0) is 0 Å². The summed E-state index contributed by atoms with van der Waals surface area (Å²) in [6.07, 6.45) is 0. The van der Waals surface area contributed by atoms with Crippen molar-refractivity contribution in [3.05, 3.63) is 66.2 Å². The van der Waals surface area contributed by atoms with Gasteiger partial charge in [-0.05, 0) is 23.8 Å². The first-order valence-electron chi connectivity index (χ1n) is 7.18. The zero-order valence-electron chi connectivity index (χ0n) is 12.7. The van der Waals surface area contributed by atoms with Crippen molar-refractivity contribution in [1.29, 1.82) is 5.26 Å². The Labute approximate surface area is 134 Å². The molecule has 2 aromatic carbocycles. The Bertz CT molecular complexity index is 866. The maximum Gasteiger partial charge on any atom is 0.289 e.